The van der Waals surface area contributed by atoms with Gasteiger partial charge in [-0.05, 0) is 13.0 Å². The molecule has 0 saturated heterocycles. The zero-order chi connectivity index (χ0) is 23.3. The predicted octanol–water partition coefficient (Wildman–Crippen LogP) is 2.50. The summed E-state index contributed by atoms with van der Waals surface area (Å²) in [4.78, 5) is 36.7. The summed E-state index contributed by atoms with van der Waals surface area (Å²) in [6.45, 7) is 8.00. The SMILES string of the molecule is C[C@@H](NC(=O)c1ncnc2c1ccn2C)c1cc(-c2[nH]c3cnc(C(C)(C)C)nc3[nH+]2)no1. The number of H-pyrrole nitrogens is 2. The quantitative estimate of drug-likeness (QED) is 0.432. The van der Waals surface area contributed by atoms with E-state index in [9.17, 15) is 4.79 Å². The minimum Gasteiger partial charge on any atom is -0.358 e. The van der Waals surface area contributed by atoms with Gasteiger partial charge in [0.1, 0.15) is 17.7 Å². The molecule has 5 aromatic heterocycles. The highest BCUT2D eigenvalue weighted by Crippen LogP contribution is 2.23. The van der Waals surface area contributed by atoms with Crippen LogP contribution in [0.4, 0.5) is 0 Å². The van der Waals surface area contributed by atoms with Gasteiger partial charge in [0.15, 0.2) is 17.0 Å². The topological polar surface area (TPSA) is 142 Å². The molecule has 3 N–H and O–H groups in total. The van der Waals surface area contributed by atoms with Crippen LogP contribution in [0, 0.1) is 0 Å². The number of hydrogen-bond acceptors (Lipinski definition) is 7. The Morgan fingerprint density at radius 3 is 2.88 bits per heavy atom. The molecule has 0 saturated carbocycles. The highest BCUT2D eigenvalue weighted by atomic mass is 16.5. The summed E-state index contributed by atoms with van der Waals surface area (Å²) in [5.74, 6) is 1.57. The Bertz CT molecular complexity index is 1490. The molecule has 0 bridgehead atoms. The number of nitrogens with one attached hydrogen (secondary N) is 3. The first-order valence-corrected chi connectivity index (χ1v) is 10.5. The van der Waals surface area contributed by atoms with Crippen LogP contribution < -0.4 is 10.3 Å². The van der Waals surface area contributed by atoms with Crippen LogP contribution >= 0.6 is 0 Å². The fraction of sp³-hybridized carbons (Fsp3) is 0.318. The molecule has 5 heterocycles. The van der Waals surface area contributed by atoms with Gasteiger partial charge in [-0.2, -0.15) is 0 Å². The summed E-state index contributed by atoms with van der Waals surface area (Å²) in [6, 6.07) is 3.16. The molecule has 1 atom stereocenters. The molecule has 168 valence electrons. The molecular formula is C22H24N9O2+. The zero-order valence-corrected chi connectivity index (χ0v) is 19.0. The van der Waals surface area contributed by atoms with Gasteiger partial charge in [-0.1, -0.05) is 30.9 Å². The second-order valence-electron chi connectivity index (χ2n) is 9.03. The second kappa shape index (κ2) is 7.47. The minimum absolute atomic E-state index is 0.164. The van der Waals surface area contributed by atoms with Crippen LogP contribution in [0.3, 0.4) is 0 Å². The van der Waals surface area contributed by atoms with E-state index < -0.39 is 6.04 Å². The lowest BCUT2D eigenvalue weighted by molar-refractivity contribution is -0.334. The number of amides is 1. The van der Waals surface area contributed by atoms with Gasteiger partial charge in [0.05, 0.1) is 17.6 Å². The van der Waals surface area contributed by atoms with Crippen LogP contribution in [0.15, 0.2) is 35.4 Å². The van der Waals surface area contributed by atoms with Crippen LogP contribution in [0.2, 0.25) is 0 Å². The second-order valence-corrected chi connectivity index (χ2v) is 9.03. The third-order valence-corrected chi connectivity index (χ3v) is 5.40. The Morgan fingerprint density at radius 2 is 2.09 bits per heavy atom. The van der Waals surface area contributed by atoms with E-state index in [1.807, 2.05) is 30.8 Å². The number of carbonyl (C=O) groups excluding carboxylic acids is 1. The smallest absolute Gasteiger partial charge is 0.303 e. The van der Waals surface area contributed by atoms with Gasteiger partial charge >= 0.3 is 5.65 Å². The van der Waals surface area contributed by atoms with E-state index in [1.165, 1.54) is 6.33 Å². The number of carbonyl (C=O) groups is 1. The molecule has 0 radical (unpaired) electrons. The summed E-state index contributed by atoms with van der Waals surface area (Å²) in [7, 11) is 1.87. The molecule has 5 rings (SSSR count). The lowest BCUT2D eigenvalue weighted by Crippen LogP contribution is -2.27. The molecule has 33 heavy (non-hydrogen) atoms. The average Bonchev–Trinajstić information content (AvgIpc) is 3.50. The number of aromatic nitrogens is 8. The maximum absolute atomic E-state index is 12.9. The van der Waals surface area contributed by atoms with Crippen LogP contribution in [-0.2, 0) is 12.5 Å². The van der Waals surface area contributed by atoms with Crippen LogP contribution in [0.25, 0.3) is 33.7 Å². The van der Waals surface area contributed by atoms with E-state index in [0.29, 0.717) is 39.7 Å². The largest absolute Gasteiger partial charge is 0.358 e. The first-order chi connectivity index (χ1) is 15.7. The van der Waals surface area contributed by atoms with E-state index in [1.54, 1.807) is 12.3 Å². The highest BCUT2D eigenvalue weighted by molar-refractivity contribution is 6.03. The molecule has 0 aromatic carbocycles. The third kappa shape index (κ3) is 3.71. The summed E-state index contributed by atoms with van der Waals surface area (Å²) in [5.41, 5.74) is 2.85. The fourth-order valence-electron chi connectivity index (χ4n) is 3.55. The summed E-state index contributed by atoms with van der Waals surface area (Å²) in [6.07, 6.45) is 4.97. The predicted molar refractivity (Wildman–Crippen MR) is 119 cm³/mol. The Balaban J connectivity index is 1.37. The number of imidazole rings is 1. The van der Waals surface area contributed by atoms with E-state index in [2.05, 4.69) is 61.1 Å². The van der Waals surface area contributed by atoms with Crippen molar-refractivity contribution in [2.75, 3.05) is 0 Å². The average molecular weight is 446 g/mol. The molecule has 5 aromatic rings. The van der Waals surface area contributed by atoms with E-state index in [4.69, 9.17) is 4.52 Å². The third-order valence-electron chi connectivity index (χ3n) is 5.40. The lowest BCUT2D eigenvalue weighted by atomic mass is 9.96. The molecule has 11 heteroatoms. The van der Waals surface area contributed by atoms with Gasteiger partial charge in [-0.25, -0.2) is 19.9 Å². The Hall–Kier alpha value is -4.15. The Labute approximate surface area is 188 Å². The number of aromatic amines is 2. The first-order valence-electron chi connectivity index (χ1n) is 10.5. The maximum Gasteiger partial charge on any atom is 0.303 e. The number of fused-ring (bicyclic) bond motifs is 2. The molecule has 1 amide bonds. The first kappa shape index (κ1) is 20.7. The van der Waals surface area contributed by atoms with Crippen molar-refractivity contribution in [1.29, 1.82) is 0 Å². The molecule has 0 aliphatic heterocycles. The van der Waals surface area contributed by atoms with Crippen molar-refractivity contribution in [2.24, 2.45) is 7.05 Å². The van der Waals surface area contributed by atoms with Gasteiger partial charge < -0.3 is 14.4 Å². The zero-order valence-electron chi connectivity index (χ0n) is 19.0. The number of nitrogens with zero attached hydrogens (tertiary/aromatic N) is 6. The van der Waals surface area contributed by atoms with Gasteiger partial charge in [-0.15, -0.1) is 0 Å². The normalized spacial score (nSPS) is 13.0. The minimum atomic E-state index is -0.427. The number of rotatable bonds is 4. The van der Waals surface area contributed by atoms with Gasteiger partial charge in [-0.3, -0.25) is 9.78 Å². The highest BCUT2D eigenvalue weighted by Gasteiger charge is 2.25. The van der Waals surface area contributed by atoms with E-state index in [0.717, 1.165) is 11.3 Å². The molecule has 0 aliphatic carbocycles. The van der Waals surface area contributed by atoms with Crippen molar-refractivity contribution < 1.29 is 14.3 Å². The maximum atomic E-state index is 12.9. The molecule has 0 fully saturated rings. The van der Waals surface area contributed by atoms with Crippen molar-refractivity contribution in [3.05, 3.63) is 48.1 Å². The van der Waals surface area contributed by atoms with Gasteiger partial charge in [0, 0.05) is 24.7 Å². The van der Waals surface area contributed by atoms with Crippen molar-refractivity contribution in [1.82, 2.24) is 40.0 Å². The fourth-order valence-corrected chi connectivity index (χ4v) is 3.55. The number of aryl methyl sites for hydroxylation is 1. The monoisotopic (exact) mass is 446 g/mol. The Morgan fingerprint density at radius 1 is 1.27 bits per heavy atom. The molecular weight excluding hydrogens is 422 g/mol. The molecule has 0 unspecified atom stereocenters. The summed E-state index contributed by atoms with van der Waals surface area (Å²) >= 11 is 0. The Kier molecular flexibility index (Phi) is 4.69. The summed E-state index contributed by atoms with van der Waals surface area (Å²) < 4.78 is 7.34. The van der Waals surface area contributed by atoms with Gasteiger partial charge in [0.2, 0.25) is 5.82 Å². The van der Waals surface area contributed by atoms with Crippen LogP contribution in [-0.4, -0.2) is 40.6 Å². The van der Waals surface area contributed by atoms with Gasteiger partial charge in [0.25, 0.3) is 11.7 Å². The van der Waals surface area contributed by atoms with Crippen molar-refractivity contribution >= 4 is 28.1 Å². The number of hydrogen-bond donors (Lipinski definition) is 2. The molecule has 0 spiro atoms. The van der Waals surface area contributed by atoms with Crippen LogP contribution in [0.5, 0.6) is 0 Å². The standard InChI is InChI=1S/C22H23N9O2/c1-11(26-20(32)16-12-6-7-31(5)19(12)25-10-24-16)15-8-13(30-33-15)17-27-14-9-23-21(22(2,3)4)29-18(14)28-17/h6-11H,1-5H3,(H,26,32)(H,23,27,28,29)/p+1/t11-/m1/s1. The van der Waals surface area contributed by atoms with Crippen molar-refractivity contribution in [3.8, 4) is 11.5 Å². The van der Waals surface area contributed by atoms with Crippen LogP contribution in [0.1, 0.15) is 55.8 Å². The lowest BCUT2D eigenvalue weighted by Gasteiger charge is -2.11. The summed E-state index contributed by atoms with van der Waals surface area (Å²) in [5, 5.41) is 7.74. The molecule has 0 aliphatic rings. The van der Waals surface area contributed by atoms with E-state index >= 15 is 0 Å². The van der Waals surface area contributed by atoms with Crippen molar-refractivity contribution in [2.45, 2.75) is 39.2 Å². The van der Waals surface area contributed by atoms with Crippen molar-refractivity contribution in [3.63, 3.8) is 0 Å². The molecule has 11 nitrogen and oxygen atoms in total. The van der Waals surface area contributed by atoms with E-state index in [-0.39, 0.29) is 11.3 Å².